The van der Waals surface area contributed by atoms with Crippen molar-refractivity contribution in [3.05, 3.63) is 0 Å². The summed E-state index contributed by atoms with van der Waals surface area (Å²) in [5.41, 5.74) is 0. The van der Waals surface area contributed by atoms with Gasteiger partial charge in [-0.05, 0) is 0 Å². The second-order valence-corrected chi connectivity index (χ2v) is 1.14. The van der Waals surface area contributed by atoms with E-state index in [2.05, 4.69) is 4.74 Å². The van der Waals surface area contributed by atoms with E-state index in [9.17, 15) is 0 Å². The molecule has 6 heavy (non-hydrogen) atoms. The monoisotopic (exact) mass is 98.0 g/mol. The van der Waals surface area contributed by atoms with Gasteiger partial charge >= 0.3 is 29.6 Å². The molecule has 0 aliphatic carbocycles. The maximum absolute atomic E-state index is 8.08. The Kier molecular flexibility index (Phi) is 3.45. The van der Waals surface area contributed by atoms with E-state index in [0.717, 1.165) is 6.61 Å². The zero-order chi connectivity index (χ0) is 3.70. The van der Waals surface area contributed by atoms with E-state index in [1.54, 1.807) is 0 Å². The zero-order valence-electron chi connectivity index (χ0n) is 4.85. The standard InChI is InChI=1S/C3H6O2.Na.H/c4-1-3-2-5-3;;/h3-4H,1-2H2;;/q;+1;-1. The molecule has 0 aromatic heterocycles. The molecule has 0 bridgehead atoms. The molecule has 1 fully saturated rings. The number of hydrogen-bond acceptors (Lipinski definition) is 2. The Morgan fingerprint density at radius 3 is 2.50 bits per heavy atom. The van der Waals surface area contributed by atoms with Gasteiger partial charge in [-0.1, -0.05) is 0 Å². The van der Waals surface area contributed by atoms with Gasteiger partial charge < -0.3 is 11.3 Å². The second kappa shape index (κ2) is 2.99. The van der Waals surface area contributed by atoms with Crippen LogP contribution < -0.4 is 29.6 Å². The molecule has 1 unspecified atom stereocenters. The van der Waals surface area contributed by atoms with Crippen molar-refractivity contribution in [2.45, 2.75) is 6.10 Å². The van der Waals surface area contributed by atoms with Gasteiger partial charge in [-0.2, -0.15) is 0 Å². The van der Waals surface area contributed by atoms with Crippen LogP contribution in [0, 0.1) is 0 Å². The Morgan fingerprint density at radius 1 is 2.00 bits per heavy atom. The predicted molar refractivity (Wildman–Crippen MR) is 17.9 cm³/mol. The van der Waals surface area contributed by atoms with Crippen LogP contribution in [0.2, 0.25) is 0 Å². The summed E-state index contributed by atoms with van der Waals surface area (Å²) in [5.74, 6) is 0. The Hall–Kier alpha value is 0.920. The van der Waals surface area contributed by atoms with Crippen molar-refractivity contribution in [3.63, 3.8) is 0 Å². The summed E-state index contributed by atoms with van der Waals surface area (Å²) in [7, 11) is 0. The minimum Gasteiger partial charge on any atom is -1.00 e. The smallest absolute Gasteiger partial charge is 1.00 e. The van der Waals surface area contributed by atoms with Gasteiger partial charge in [0.05, 0.1) is 13.2 Å². The molecule has 2 nitrogen and oxygen atoms in total. The molecule has 1 atom stereocenters. The summed E-state index contributed by atoms with van der Waals surface area (Å²) in [6, 6.07) is 0. The van der Waals surface area contributed by atoms with Crippen molar-refractivity contribution in [3.8, 4) is 0 Å². The Bertz CT molecular complexity index is 39.9. The summed E-state index contributed by atoms with van der Waals surface area (Å²) < 4.78 is 4.61. The van der Waals surface area contributed by atoms with Crippen molar-refractivity contribution in [1.29, 1.82) is 0 Å². The maximum atomic E-state index is 8.08. The maximum Gasteiger partial charge on any atom is 1.00 e. The molecule has 0 aromatic carbocycles. The third-order valence-electron chi connectivity index (χ3n) is 0.606. The molecule has 1 aliphatic rings. The van der Waals surface area contributed by atoms with Gasteiger partial charge in [0.15, 0.2) is 0 Å². The molecule has 0 aromatic rings. The van der Waals surface area contributed by atoms with Crippen LogP contribution in [0.15, 0.2) is 0 Å². The van der Waals surface area contributed by atoms with E-state index in [-0.39, 0.29) is 43.7 Å². The van der Waals surface area contributed by atoms with E-state index in [1.807, 2.05) is 0 Å². The van der Waals surface area contributed by atoms with E-state index in [0.29, 0.717) is 0 Å². The van der Waals surface area contributed by atoms with Crippen LogP contribution in [0.3, 0.4) is 0 Å². The third-order valence-corrected chi connectivity index (χ3v) is 0.606. The molecule has 1 aliphatic heterocycles. The summed E-state index contributed by atoms with van der Waals surface area (Å²) in [6.45, 7) is 0.955. The van der Waals surface area contributed by atoms with Gasteiger partial charge in [-0.15, -0.1) is 0 Å². The fourth-order valence-corrected chi connectivity index (χ4v) is 0.173. The number of aliphatic hydroxyl groups excluding tert-OH is 1. The largest absolute Gasteiger partial charge is 1.00 e. The molecule has 0 spiro atoms. The quantitative estimate of drug-likeness (QED) is 0.272. The summed E-state index contributed by atoms with van der Waals surface area (Å²) in [4.78, 5) is 0. The van der Waals surface area contributed by atoms with Crippen molar-refractivity contribution >= 4 is 0 Å². The van der Waals surface area contributed by atoms with Crippen LogP contribution in [0.1, 0.15) is 1.43 Å². The second-order valence-electron chi connectivity index (χ2n) is 1.14. The van der Waals surface area contributed by atoms with Crippen LogP contribution in [0.5, 0.6) is 0 Å². The first-order valence-corrected chi connectivity index (χ1v) is 1.66. The van der Waals surface area contributed by atoms with E-state index >= 15 is 0 Å². The minimum atomic E-state index is 0. The first-order valence-electron chi connectivity index (χ1n) is 1.66. The molecule has 3 heteroatoms. The van der Waals surface area contributed by atoms with Gasteiger partial charge in [0.2, 0.25) is 0 Å². The van der Waals surface area contributed by atoms with Gasteiger partial charge in [-0.3, -0.25) is 0 Å². The Balaban J connectivity index is 0. The van der Waals surface area contributed by atoms with E-state index < -0.39 is 0 Å². The number of rotatable bonds is 1. The SMILES string of the molecule is OCC1CO1.[H-].[Na+]. The molecule has 1 saturated heterocycles. The van der Waals surface area contributed by atoms with Crippen LogP contribution in [-0.4, -0.2) is 24.4 Å². The molecular formula is C3H7NaO2. The van der Waals surface area contributed by atoms with Crippen molar-refractivity contribution < 1.29 is 40.8 Å². The normalized spacial score (nSPS) is 28.5. The molecule has 0 saturated carbocycles. The summed E-state index contributed by atoms with van der Waals surface area (Å²) in [6.07, 6.45) is 0.190. The topological polar surface area (TPSA) is 32.8 Å². The van der Waals surface area contributed by atoms with Crippen LogP contribution in [0.25, 0.3) is 0 Å². The molecule has 1 rings (SSSR count). The fraction of sp³-hybridized carbons (Fsp3) is 1.00. The average Bonchev–Trinajstić information content (AvgIpc) is 2.12. The van der Waals surface area contributed by atoms with Gasteiger partial charge in [0, 0.05) is 0 Å². The third kappa shape index (κ3) is 2.16. The zero-order valence-corrected chi connectivity index (χ0v) is 5.85. The van der Waals surface area contributed by atoms with Crippen molar-refractivity contribution in [2.75, 3.05) is 13.2 Å². The Morgan fingerprint density at radius 2 is 2.50 bits per heavy atom. The van der Waals surface area contributed by atoms with E-state index in [4.69, 9.17) is 5.11 Å². The first kappa shape index (κ1) is 6.92. The van der Waals surface area contributed by atoms with Crippen LogP contribution >= 0.6 is 0 Å². The molecule has 1 heterocycles. The van der Waals surface area contributed by atoms with Gasteiger partial charge in [-0.25, -0.2) is 0 Å². The van der Waals surface area contributed by atoms with E-state index in [1.165, 1.54) is 0 Å². The minimum absolute atomic E-state index is 0. The molecule has 1 N–H and O–H groups in total. The number of hydrogen-bond donors (Lipinski definition) is 1. The average molecular weight is 98.1 g/mol. The molecule has 32 valence electrons. The first-order chi connectivity index (χ1) is 2.43. The predicted octanol–water partition coefficient (Wildman–Crippen LogP) is -3.51. The van der Waals surface area contributed by atoms with Crippen LogP contribution in [0.4, 0.5) is 0 Å². The van der Waals surface area contributed by atoms with Crippen LogP contribution in [-0.2, 0) is 4.74 Å². The molecule has 0 amide bonds. The van der Waals surface area contributed by atoms with Crippen molar-refractivity contribution in [1.82, 2.24) is 0 Å². The number of ether oxygens (including phenoxy) is 1. The number of aliphatic hydroxyl groups is 1. The molecular weight excluding hydrogens is 91.0 g/mol. The molecule has 0 radical (unpaired) electrons. The van der Waals surface area contributed by atoms with Gasteiger partial charge in [0.1, 0.15) is 6.10 Å². The fourth-order valence-electron chi connectivity index (χ4n) is 0.173. The number of epoxide rings is 1. The summed E-state index contributed by atoms with van der Waals surface area (Å²) in [5, 5.41) is 8.08. The Labute approximate surface area is 60.3 Å². The van der Waals surface area contributed by atoms with Crippen molar-refractivity contribution in [2.24, 2.45) is 0 Å². The summed E-state index contributed by atoms with van der Waals surface area (Å²) >= 11 is 0. The van der Waals surface area contributed by atoms with Gasteiger partial charge in [0.25, 0.3) is 0 Å².